The maximum atomic E-state index is 11.2. The van der Waals surface area contributed by atoms with Gasteiger partial charge in [0, 0.05) is 6.20 Å². The molecule has 2 aliphatic rings. The molecule has 1 amide bonds. The molecule has 1 saturated heterocycles. The maximum Gasteiger partial charge on any atom is 0.276 e. The van der Waals surface area contributed by atoms with Crippen molar-refractivity contribution in [1.82, 2.24) is 4.90 Å². The highest BCUT2D eigenvalue weighted by Gasteiger charge is 2.51. The van der Waals surface area contributed by atoms with Crippen molar-refractivity contribution in [3.05, 3.63) is 17.8 Å². The molecule has 12 heavy (non-hydrogen) atoms. The molecule has 0 aromatic carbocycles. The van der Waals surface area contributed by atoms with E-state index in [0.717, 1.165) is 0 Å². The lowest BCUT2D eigenvalue weighted by Gasteiger charge is -2.39. The predicted molar refractivity (Wildman–Crippen MR) is 42.0 cm³/mol. The second-order valence-electron chi connectivity index (χ2n) is 2.51. The minimum absolute atomic E-state index is 0.0117. The molecule has 62 valence electrons. The topological polar surface area (TPSA) is 60.4 Å². The first-order valence-corrected chi connectivity index (χ1v) is 4.75. The Hall–Kier alpha value is -1.03. The highest BCUT2D eigenvalue weighted by molar-refractivity contribution is 7.92. The van der Waals surface area contributed by atoms with Crippen LogP contribution in [0.2, 0.25) is 0 Å². The number of rotatable bonds is 0. The summed E-state index contributed by atoms with van der Waals surface area (Å²) in [5.74, 6) is 1.56. The smallest absolute Gasteiger partial charge is 0.276 e. The first-order chi connectivity index (χ1) is 5.75. The van der Waals surface area contributed by atoms with Gasteiger partial charge in [0.1, 0.15) is 11.7 Å². The van der Waals surface area contributed by atoms with Crippen molar-refractivity contribution in [3.63, 3.8) is 0 Å². The van der Waals surface area contributed by atoms with Crippen molar-refractivity contribution in [2.45, 2.75) is 5.37 Å². The Morgan fingerprint density at radius 3 is 3.17 bits per heavy atom. The molecule has 2 aliphatic heterocycles. The zero-order valence-electron chi connectivity index (χ0n) is 6.02. The van der Waals surface area contributed by atoms with Crippen molar-refractivity contribution < 1.29 is 14.1 Å². The van der Waals surface area contributed by atoms with Crippen LogP contribution < -0.4 is 0 Å². The molecule has 5 heteroatoms. The predicted octanol–water partition coefficient (Wildman–Crippen LogP) is -0.811. The summed E-state index contributed by atoms with van der Waals surface area (Å²) in [7, 11) is 0. The molecule has 0 bridgehead atoms. The van der Waals surface area contributed by atoms with E-state index in [4.69, 9.17) is 0 Å². The van der Waals surface area contributed by atoms with Gasteiger partial charge in [-0.2, -0.15) is 0 Å². The second kappa shape index (κ2) is 2.48. The van der Waals surface area contributed by atoms with E-state index >= 15 is 0 Å². The van der Waals surface area contributed by atoms with E-state index in [0.29, 0.717) is 5.75 Å². The molecule has 2 heterocycles. The first-order valence-electron chi connectivity index (χ1n) is 3.37. The van der Waals surface area contributed by atoms with Crippen LogP contribution in [0.3, 0.4) is 0 Å². The Bertz CT molecular complexity index is 319. The third kappa shape index (κ3) is 0.783. The number of nitrogens with zero attached hydrogens (tertiary/aromatic N) is 1. The molecule has 1 unspecified atom stereocenters. The van der Waals surface area contributed by atoms with Crippen LogP contribution in [0.4, 0.5) is 0 Å². The average Bonchev–Trinajstić information content (AvgIpc) is 2.07. The van der Waals surface area contributed by atoms with E-state index in [1.54, 1.807) is 12.3 Å². The van der Waals surface area contributed by atoms with Crippen LogP contribution in [-0.4, -0.2) is 32.4 Å². The number of β-lactam (4-membered cyclic amide) rings is 1. The van der Waals surface area contributed by atoms with E-state index in [1.807, 2.05) is 0 Å². The molecule has 0 aromatic heterocycles. The maximum absolute atomic E-state index is 11.2. The fourth-order valence-electron chi connectivity index (χ4n) is 1.26. The van der Waals surface area contributed by atoms with Crippen LogP contribution in [0.5, 0.6) is 0 Å². The molecule has 0 aromatic rings. The van der Waals surface area contributed by atoms with Gasteiger partial charge in [0.25, 0.3) is 5.91 Å². The van der Waals surface area contributed by atoms with Crippen molar-refractivity contribution in [2.75, 3.05) is 5.75 Å². The van der Waals surface area contributed by atoms with Gasteiger partial charge in [0.15, 0.2) is 5.57 Å². The largest absolute Gasteiger partial charge is 0.614 e. The van der Waals surface area contributed by atoms with Gasteiger partial charge >= 0.3 is 0 Å². The van der Waals surface area contributed by atoms with Crippen molar-refractivity contribution >= 4 is 23.0 Å². The fraction of sp³-hybridized carbons (Fsp3) is 0.286. The molecule has 2 atom stereocenters. The molecule has 4 nitrogen and oxygen atoms in total. The lowest BCUT2D eigenvalue weighted by molar-refractivity contribution is -0.130. The fourth-order valence-corrected chi connectivity index (χ4v) is 2.55. The van der Waals surface area contributed by atoms with Crippen LogP contribution in [0.1, 0.15) is 0 Å². The normalized spacial score (nSPS) is 32.6. The Morgan fingerprint density at radius 1 is 1.75 bits per heavy atom. The summed E-state index contributed by atoms with van der Waals surface area (Å²) < 4.78 is 11.2. The lowest BCUT2D eigenvalue weighted by Crippen LogP contribution is -2.58. The van der Waals surface area contributed by atoms with Crippen LogP contribution in [0.15, 0.2) is 17.8 Å². The second-order valence-corrected chi connectivity index (χ2v) is 4.05. The number of hydrogen-bond donors (Lipinski definition) is 0. The SMILES string of the molecule is O=C=C1C(=O)N2C=CC[S+]([O-])[C@@H]12. The number of fused-ring (bicyclic) bond motifs is 1. The van der Waals surface area contributed by atoms with Crippen LogP contribution in [0.25, 0.3) is 0 Å². The molecule has 0 radical (unpaired) electrons. The van der Waals surface area contributed by atoms with Gasteiger partial charge in [-0.1, -0.05) is 0 Å². The zero-order valence-corrected chi connectivity index (χ0v) is 6.84. The van der Waals surface area contributed by atoms with Gasteiger partial charge < -0.3 is 4.55 Å². The van der Waals surface area contributed by atoms with Gasteiger partial charge in [-0.25, -0.2) is 4.79 Å². The molecule has 1 fully saturated rings. The van der Waals surface area contributed by atoms with Crippen molar-refractivity contribution in [1.29, 1.82) is 0 Å². The molecule has 2 rings (SSSR count). The lowest BCUT2D eigenvalue weighted by atomic mass is 10.1. The Labute approximate surface area is 71.7 Å². The van der Waals surface area contributed by atoms with Gasteiger partial charge in [0.05, 0.1) is 0 Å². The number of amides is 1. The number of hydrogen-bond acceptors (Lipinski definition) is 3. The Balaban J connectivity index is 2.36. The standard InChI is InChI=1S/C7H5NO3S/c9-4-5-6(10)8-2-1-3-12(11)7(5)8/h1-2,7H,3H2/t7-,12?/m0/s1. The molecule has 0 spiro atoms. The Morgan fingerprint density at radius 2 is 2.50 bits per heavy atom. The van der Waals surface area contributed by atoms with Crippen LogP contribution in [-0.2, 0) is 20.8 Å². The third-order valence-corrected chi connectivity index (χ3v) is 3.33. The minimum Gasteiger partial charge on any atom is -0.614 e. The Kier molecular flexibility index (Phi) is 1.58. The third-order valence-electron chi connectivity index (χ3n) is 1.85. The highest BCUT2D eigenvalue weighted by atomic mass is 32.2. The van der Waals surface area contributed by atoms with E-state index in [2.05, 4.69) is 0 Å². The van der Waals surface area contributed by atoms with E-state index in [1.165, 1.54) is 10.8 Å². The molecule has 0 saturated carbocycles. The minimum atomic E-state index is -1.16. The summed E-state index contributed by atoms with van der Waals surface area (Å²) in [6.07, 6.45) is 3.22. The summed E-state index contributed by atoms with van der Waals surface area (Å²) in [6, 6.07) is 0. The van der Waals surface area contributed by atoms with Gasteiger partial charge in [-0.15, -0.1) is 0 Å². The molecular formula is C7H5NO3S. The first kappa shape index (κ1) is 7.61. The van der Waals surface area contributed by atoms with Crippen molar-refractivity contribution in [2.24, 2.45) is 0 Å². The van der Waals surface area contributed by atoms with Crippen molar-refractivity contribution in [3.8, 4) is 0 Å². The summed E-state index contributed by atoms with van der Waals surface area (Å²) in [4.78, 5) is 22.5. The summed E-state index contributed by atoms with van der Waals surface area (Å²) >= 11 is -1.16. The quantitative estimate of drug-likeness (QED) is 0.213. The van der Waals surface area contributed by atoms with E-state index < -0.39 is 16.5 Å². The van der Waals surface area contributed by atoms with E-state index in [-0.39, 0.29) is 11.5 Å². The average molecular weight is 183 g/mol. The summed E-state index contributed by atoms with van der Waals surface area (Å²) in [5, 5.41) is -0.528. The van der Waals surface area contributed by atoms with Gasteiger partial charge in [0.2, 0.25) is 5.37 Å². The molecule has 0 N–H and O–H groups in total. The van der Waals surface area contributed by atoms with Crippen LogP contribution >= 0.6 is 0 Å². The molecule has 0 aliphatic carbocycles. The summed E-state index contributed by atoms with van der Waals surface area (Å²) in [5.41, 5.74) is 0.0117. The van der Waals surface area contributed by atoms with Gasteiger partial charge in [-0.05, 0) is 17.3 Å². The monoisotopic (exact) mass is 183 g/mol. The number of carbonyl (C=O) groups is 1. The van der Waals surface area contributed by atoms with Crippen LogP contribution in [0, 0.1) is 0 Å². The number of carbonyl (C=O) groups excluding carboxylic acids is 2. The highest BCUT2D eigenvalue weighted by Crippen LogP contribution is 2.31. The molecular weight excluding hydrogens is 178 g/mol. The van der Waals surface area contributed by atoms with E-state index in [9.17, 15) is 14.1 Å². The zero-order chi connectivity index (χ0) is 8.72. The summed E-state index contributed by atoms with van der Waals surface area (Å²) in [6.45, 7) is 0. The van der Waals surface area contributed by atoms with Gasteiger partial charge in [-0.3, -0.25) is 9.69 Å².